The molecule has 4 rings (SSSR count). The van der Waals surface area contributed by atoms with Crippen molar-refractivity contribution in [1.82, 2.24) is 25.5 Å². The molecule has 0 radical (unpaired) electrons. The Kier molecular flexibility index (Phi) is 5.20. The summed E-state index contributed by atoms with van der Waals surface area (Å²) in [6.07, 6.45) is 0. The summed E-state index contributed by atoms with van der Waals surface area (Å²) in [5.74, 6) is 1.50. The van der Waals surface area contributed by atoms with Crippen LogP contribution in [0.2, 0.25) is 0 Å². The second-order valence-electron chi connectivity index (χ2n) is 5.75. The molecule has 2 heterocycles. The van der Waals surface area contributed by atoms with Gasteiger partial charge in [0.25, 0.3) is 0 Å². The molecule has 0 fully saturated rings. The molecule has 0 saturated carbocycles. The predicted molar refractivity (Wildman–Crippen MR) is 99.2 cm³/mol. The van der Waals surface area contributed by atoms with Gasteiger partial charge in [0.05, 0.1) is 11.4 Å². The largest absolute Gasteiger partial charge is 0.486 e. The molecular weight excluding hydrogens is 366 g/mol. The molecule has 0 spiro atoms. The van der Waals surface area contributed by atoms with Crippen molar-refractivity contribution in [3.8, 4) is 17.2 Å². The van der Waals surface area contributed by atoms with Gasteiger partial charge in [0.15, 0.2) is 11.5 Å². The topological polar surface area (TPSA) is 91.2 Å². The lowest BCUT2D eigenvalue weighted by Crippen LogP contribution is -2.24. The fraction of sp³-hybridized carbons (Fsp3) is 0.222. The minimum absolute atomic E-state index is 0.0828. The zero-order valence-corrected chi connectivity index (χ0v) is 15.2. The van der Waals surface area contributed by atoms with Crippen LogP contribution in [0.4, 0.5) is 0 Å². The first-order valence-electron chi connectivity index (χ1n) is 8.41. The lowest BCUT2D eigenvalue weighted by Gasteiger charge is -2.18. The van der Waals surface area contributed by atoms with Gasteiger partial charge in [-0.1, -0.05) is 42.1 Å². The summed E-state index contributed by atoms with van der Waals surface area (Å²) in [6.45, 7) is 1.54. The number of ether oxygens (including phenoxy) is 2. The number of carbonyl (C=O) groups excluding carboxylic acids is 1. The first-order valence-corrected chi connectivity index (χ1v) is 9.40. The number of nitrogens with one attached hydrogen (secondary N) is 1. The predicted octanol–water partition coefficient (Wildman–Crippen LogP) is 1.84. The van der Waals surface area contributed by atoms with Crippen LogP contribution in [-0.4, -0.2) is 45.1 Å². The Labute approximate surface area is 159 Å². The highest BCUT2D eigenvalue weighted by Gasteiger charge is 2.16. The molecule has 0 bridgehead atoms. The third kappa shape index (κ3) is 4.20. The number of carbonyl (C=O) groups is 1. The van der Waals surface area contributed by atoms with Crippen molar-refractivity contribution in [2.75, 3.05) is 19.0 Å². The van der Waals surface area contributed by atoms with Gasteiger partial charge in [-0.15, -0.1) is 5.10 Å². The van der Waals surface area contributed by atoms with E-state index in [4.69, 9.17) is 9.47 Å². The zero-order valence-electron chi connectivity index (χ0n) is 14.4. The van der Waals surface area contributed by atoms with E-state index in [-0.39, 0.29) is 11.7 Å². The molecule has 0 atom stereocenters. The van der Waals surface area contributed by atoms with E-state index < -0.39 is 0 Å². The number of nitrogens with zero attached hydrogens (tertiary/aromatic N) is 4. The van der Waals surface area contributed by atoms with Crippen LogP contribution in [0, 0.1) is 0 Å². The number of amides is 1. The molecule has 0 saturated heterocycles. The minimum Gasteiger partial charge on any atom is -0.486 e. The average molecular weight is 383 g/mol. The highest BCUT2D eigenvalue weighted by atomic mass is 32.2. The van der Waals surface area contributed by atoms with Gasteiger partial charge in [0, 0.05) is 12.6 Å². The van der Waals surface area contributed by atoms with E-state index >= 15 is 0 Å². The van der Waals surface area contributed by atoms with E-state index in [9.17, 15) is 4.79 Å². The van der Waals surface area contributed by atoms with Crippen LogP contribution < -0.4 is 14.8 Å². The Hall–Kier alpha value is -3.07. The number of thioether (sulfide) groups is 1. The Balaban J connectivity index is 1.38. The van der Waals surface area contributed by atoms with Gasteiger partial charge in [0.2, 0.25) is 11.1 Å². The standard InChI is InChI=1S/C18H17N5O3S/c24-17(19-11-13-4-2-1-3-5-13)12-27-18-20-21-22-23(18)14-6-7-15-16(10-14)26-9-8-25-15/h1-7,10H,8-9,11-12H2,(H,19,24). The van der Waals surface area contributed by atoms with E-state index in [0.29, 0.717) is 36.4 Å². The second-order valence-corrected chi connectivity index (χ2v) is 6.69. The smallest absolute Gasteiger partial charge is 0.230 e. The summed E-state index contributed by atoms with van der Waals surface area (Å²) in [6, 6.07) is 15.3. The number of aromatic nitrogens is 4. The SMILES string of the molecule is O=C(CSc1nnnn1-c1ccc2c(c1)OCCO2)NCc1ccccc1. The molecule has 2 aromatic carbocycles. The van der Waals surface area contributed by atoms with Gasteiger partial charge in [-0.2, -0.15) is 4.68 Å². The molecule has 1 aliphatic rings. The zero-order chi connectivity index (χ0) is 18.5. The maximum absolute atomic E-state index is 12.1. The number of tetrazole rings is 1. The number of benzene rings is 2. The second kappa shape index (κ2) is 8.09. The van der Waals surface area contributed by atoms with E-state index in [0.717, 1.165) is 11.3 Å². The van der Waals surface area contributed by atoms with Crippen LogP contribution in [0.3, 0.4) is 0 Å². The average Bonchev–Trinajstić information content (AvgIpc) is 3.20. The maximum Gasteiger partial charge on any atom is 0.230 e. The van der Waals surface area contributed by atoms with Crippen molar-refractivity contribution in [2.24, 2.45) is 0 Å². The van der Waals surface area contributed by atoms with Crippen molar-refractivity contribution < 1.29 is 14.3 Å². The van der Waals surface area contributed by atoms with Crippen molar-refractivity contribution in [1.29, 1.82) is 0 Å². The molecule has 8 nitrogen and oxygen atoms in total. The van der Waals surface area contributed by atoms with E-state index in [1.807, 2.05) is 48.5 Å². The van der Waals surface area contributed by atoms with E-state index in [1.54, 1.807) is 4.68 Å². The molecule has 1 aromatic heterocycles. The van der Waals surface area contributed by atoms with Gasteiger partial charge in [-0.05, 0) is 28.1 Å². The van der Waals surface area contributed by atoms with Gasteiger partial charge < -0.3 is 14.8 Å². The summed E-state index contributed by atoms with van der Waals surface area (Å²) >= 11 is 1.27. The summed E-state index contributed by atoms with van der Waals surface area (Å²) in [7, 11) is 0. The monoisotopic (exact) mass is 383 g/mol. The molecule has 1 aliphatic heterocycles. The summed E-state index contributed by atoms with van der Waals surface area (Å²) in [5.41, 5.74) is 1.80. The molecule has 138 valence electrons. The van der Waals surface area contributed by atoms with Crippen LogP contribution in [0.1, 0.15) is 5.56 Å². The number of fused-ring (bicyclic) bond motifs is 1. The molecular formula is C18H17N5O3S. The molecule has 9 heteroatoms. The molecule has 0 unspecified atom stereocenters. The van der Waals surface area contributed by atoms with Crippen LogP contribution in [0.15, 0.2) is 53.7 Å². The molecule has 1 N–H and O–H groups in total. The molecule has 1 amide bonds. The van der Waals surface area contributed by atoms with E-state index in [1.165, 1.54) is 11.8 Å². The Bertz CT molecular complexity index is 932. The molecule has 3 aromatic rings. The fourth-order valence-electron chi connectivity index (χ4n) is 2.57. The number of hydrogen-bond donors (Lipinski definition) is 1. The fourth-order valence-corrected chi connectivity index (χ4v) is 3.29. The number of rotatable bonds is 6. The summed E-state index contributed by atoms with van der Waals surface area (Å²) in [5, 5.41) is 15.2. The van der Waals surface area contributed by atoms with Gasteiger partial charge in [0.1, 0.15) is 13.2 Å². The molecule has 27 heavy (non-hydrogen) atoms. The normalized spacial score (nSPS) is 12.6. The minimum atomic E-state index is -0.0828. The quantitative estimate of drug-likeness (QED) is 0.650. The number of hydrogen-bond acceptors (Lipinski definition) is 7. The lowest BCUT2D eigenvalue weighted by molar-refractivity contribution is -0.118. The van der Waals surface area contributed by atoms with Gasteiger partial charge >= 0.3 is 0 Å². The lowest BCUT2D eigenvalue weighted by atomic mass is 10.2. The van der Waals surface area contributed by atoms with Gasteiger partial charge in [-0.3, -0.25) is 4.79 Å². The van der Waals surface area contributed by atoms with E-state index in [2.05, 4.69) is 20.8 Å². The van der Waals surface area contributed by atoms with Crippen LogP contribution in [-0.2, 0) is 11.3 Å². The van der Waals surface area contributed by atoms with Crippen LogP contribution >= 0.6 is 11.8 Å². The third-order valence-electron chi connectivity index (χ3n) is 3.88. The van der Waals surface area contributed by atoms with Crippen molar-refractivity contribution in [2.45, 2.75) is 11.7 Å². The van der Waals surface area contributed by atoms with Crippen molar-refractivity contribution in [3.05, 3.63) is 54.1 Å². The molecule has 0 aliphatic carbocycles. The highest BCUT2D eigenvalue weighted by molar-refractivity contribution is 7.99. The van der Waals surface area contributed by atoms with Crippen LogP contribution in [0.5, 0.6) is 11.5 Å². The Morgan fingerprint density at radius 1 is 1.11 bits per heavy atom. The Morgan fingerprint density at radius 2 is 1.93 bits per heavy atom. The first kappa shape index (κ1) is 17.3. The summed E-state index contributed by atoms with van der Waals surface area (Å²) < 4.78 is 12.7. The maximum atomic E-state index is 12.1. The van der Waals surface area contributed by atoms with Crippen molar-refractivity contribution in [3.63, 3.8) is 0 Å². The first-order chi connectivity index (χ1) is 13.3. The van der Waals surface area contributed by atoms with Gasteiger partial charge in [-0.25, -0.2) is 0 Å². The van der Waals surface area contributed by atoms with Crippen molar-refractivity contribution >= 4 is 17.7 Å². The highest BCUT2D eigenvalue weighted by Crippen LogP contribution is 2.32. The summed E-state index contributed by atoms with van der Waals surface area (Å²) in [4.78, 5) is 12.1. The Morgan fingerprint density at radius 3 is 2.78 bits per heavy atom. The third-order valence-corrected chi connectivity index (χ3v) is 4.80. The van der Waals surface area contributed by atoms with Crippen LogP contribution in [0.25, 0.3) is 5.69 Å².